The third-order valence-electron chi connectivity index (χ3n) is 3.59. The zero-order valence-corrected chi connectivity index (χ0v) is 11.0. The summed E-state index contributed by atoms with van der Waals surface area (Å²) in [5.41, 5.74) is 1.63. The Morgan fingerprint density at radius 2 is 2.22 bits per heavy atom. The Hall–Kier alpha value is -1.55. The second-order valence-electron chi connectivity index (χ2n) is 4.76. The van der Waals surface area contributed by atoms with Gasteiger partial charge in [-0.15, -0.1) is 0 Å². The Morgan fingerprint density at radius 1 is 1.50 bits per heavy atom. The fourth-order valence-corrected chi connectivity index (χ4v) is 2.27. The minimum atomic E-state index is -0.0179. The van der Waals surface area contributed by atoms with E-state index in [2.05, 4.69) is 11.8 Å². The molecular weight excluding hydrogens is 230 g/mol. The second-order valence-corrected chi connectivity index (χ2v) is 4.76. The molecule has 2 rings (SSSR count). The first kappa shape index (κ1) is 12.9. The highest BCUT2D eigenvalue weighted by molar-refractivity contribution is 5.95. The van der Waals surface area contributed by atoms with E-state index in [9.17, 15) is 4.79 Å². The van der Waals surface area contributed by atoms with E-state index >= 15 is 0 Å². The van der Waals surface area contributed by atoms with Crippen molar-refractivity contribution < 1.29 is 14.6 Å². The molecule has 2 atom stereocenters. The summed E-state index contributed by atoms with van der Waals surface area (Å²) in [5, 5.41) is 9.04. The monoisotopic (exact) mass is 249 g/mol. The number of aliphatic hydroxyl groups excluding tert-OH is 1. The first-order valence-electron chi connectivity index (χ1n) is 6.20. The van der Waals surface area contributed by atoms with E-state index in [1.54, 1.807) is 13.0 Å². The number of carbonyl (C=O) groups is 1. The summed E-state index contributed by atoms with van der Waals surface area (Å²) in [6.07, 6.45) is 0.593. The largest absolute Gasteiger partial charge is 0.486 e. The molecule has 0 fully saturated rings. The van der Waals surface area contributed by atoms with Crippen LogP contribution < -0.4 is 9.64 Å². The van der Waals surface area contributed by atoms with Crippen LogP contribution in [0.15, 0.2) is 18.2 Å². The quantitative estimate of drug-likeness (QED) is 0.831. The number of nitrogens with zero attached hydrogens (tertiary/aromatic N) is 1. The maximum atomic E-state index is 11.4. The highest BCUT2D eigenvalue weighted by atomic mass is 16.5. The molecule has 1 aromatic carbocycles. The van der Waals surface area contributed by atoms with E-state index in [0.29, 0.717) is 12.0 Å². The molecule has 0 saturated carbocycles. The Balaban J connectivity index is 2.36. The van der Waals surface area contributed by atoms with Crippen LogP contribution >= 0.6 is 0 Å². The minimum Gasteiger partial charge on any atom is -0.486 e. The predicted octanol–water partition coefficient (Wildman–Crippen LogP) is 1.86. The van der Waals surface area contributed by atoms with Gasteiger partial charge in [0.15, 0.2) is 5.78 Å². The summed E-state index contributed by atoms with van der Waals surface area (Å²) in [5.74, 6) is 0.829. The maximum absolute atomic E-state index is 11.4. The predicted molar refractivity (Wildman–Crippen MR) is 70.4 cm³/mol. The minimum absolute atomic E-state index is 0.0179. The Morgan fingerprint density at radius 3 is 2.83 bits per heavy atom. The van der Waals surface area contributed by atoms with Gasteiger partial charge >= 0.3 is 0 Å². The van der Waals surface area contributed by atoms with Gasteiger partial charge in [-0.25, -0.2) is 0 Å². The zero-order valence-electron chi connectivity index (χ0n) is 11.0. The van der Waals surface area contributed by atoms with Crippen LogP contribution in [0, 0.1) is 0 Å². The van der Waals surface area contributed by atoms with Gasteiger partial charge in [-0.2, -0.15) is 0 Å². The number of likely N-dealkylation sites (N-methyl/N-ethyl adjacent to an activating group) is 1. The van der Waals surface area contributed by atoms with Crippen molar-refractivity contribution in [3.8, 4) is 5.75 Å². The van der Waals surface area contributed by atoms with Crippen LogP contribution in [0.25, 0.3) is 0 Å². The summed E-state index contributed by atoms with van der Waals surface area (Å²) < 4.78 is 5.88. The summed E-state index contributed by atoms with van der Waals surface area (Å²) in [4.78, 5) is 13.5. The van der Waals surface area contributed by atoms with Gasteiger partial charge in [-0.1, -0.05) is 0 Å². The average molecular weight is 249 g/mol. The fourth-order valence-electron chi connectivity index (χ4n) is 2.27. The molecule has 0 spiro atoms. The Labute approximate surface area is 107 Å². The third kappa shape index (κ3) is 2.20. The summed E-state index contributed by atoms with van der Waals surface area (Å²) >= 11 is 0. The molecule has 0 bridgehead atoms. The van der Waals surface area contributed by atoms with E-state index in [4.69, 9.17) is 9.84 Å². The van der Waals surface area contributed by atoms with Crippen molar-refractivity contribution in [2.75, 3.05) is 18.6 Å². The zero-order chi connectivity index (χ0) is 13.3. The lowest BCUT2D eigenvalue weighted by Crippen LogP contribution is -2.46. The third-order valence-corrected chi connectivity index (χ3v) is 3.59. The van der Waals surface area contributed by atoms with Gasteiger partial charge in [0.25, 0.3) is 0 Å². The van der Waals surface area contributed by atoms with Crippen molar-refractivity contribution in [3.05, 3.63) is 23.8 Å². The number of ether oxygens (including phenoxy) is 1. The van der Waals surface area contributed by atoms with Gasteiger partial charge in [0.1, 0.15) is 11.9 Å². The van der Waals surface area contributed by atoms with Crippen molar-refractivity contribution in [1.82, 2.24) is 0 Å². The normalized spacial score (nSPS) is 22.3. The van der Waals surface area contributed by atoms with Gasteiger partial charge < -0.3 is 14.7 Å². The number of hydrogen-bond acceptors (Lipinski definition) is 4. The van der Waals surface area contributed by atoms with Crippen LogP contribution in [0.5, 0.6) is 5.75 Å². The molecule has 0 radical (unpaired) electrons. The smallest absolute Gasteiger partial charge is 0.159 e. The van der Waals surface area contributed by atoms with Crippen LogP contribution in [0.3, 0.4) is 0 Å². The first-order valence-corrected chi connectivity index (χ1v) is 6.20. The fraction of sp³-hybridized carbons (Fsp3) is 0.500. The summed E-state index contributed by atoms with van der Waals surface area (Å²) in [6.45, 7) is 3.73. The number of carbonyl (C=O) groups excluding carboxylic acids is 1. The molecule has 4 heteroatoms. The summed E-state index contributed by atoms with van der Waals surface area (Å²) in [6, 6.07) is 5.65. The van der Waals surface area contributed by atoms with Crippen LogP contribution in [-0.4, -0.2) is 36.7 Å². The molecule has 0 aromatic heterocycles. The SMILES string of the molecule is CC(=O)c1ccc2c(c1)N(C)C(C)C(CCO)O2. The topological polar surface area (TPSA) is 49.8 Å². The molecule has 2 unspecified atom stereocenters. The highest BCUT2D eigenvalue weighted by Gasteiger charge is 2.30. The van der Waals surface area contributed by atoms with Crippen LogP contribution in [0.4, 0.5) is 5.69 Å². The number of anilines is 1. The van der Waals surface area contributed by atoms with Crippen LogP contribution in [0.1, 0.15) is 30.6 Å². The van der Waals surface area contributed by atoms with Crippen LogP contribution in [-0.2, 0) is 0 Å². The molecular formula is C14H19NO3. The van der Waals surface area contributed by atoms with Gasteiger partial charge in [0.2, 0.25) is 0 Å². The molecule has 1 N–H and O–H groups in total. The number of rotatable bonds is 3. The molecule has 1 aliphatic heterocycles. The standard InChI is InChI=1S/C14H19NO3/c1-9-13(6-7-16)18-14-5-4-11(10(2)17)8-12(14)15(9)3/h4-5,8-9,13,16H,6-7H2,1-3H3. The number of hydrogen-bond donors (Lipinski definition) is 1. The van der Waals surface area contributed by atoms with Gasteiger partial charge in [0, 0.05) is 25.6 Å². The molecule has 0 saturated heterocycles. The molecule has 18 heavy (non-hydrogen) atoms. The van der Waals surface area contributed by atoms with E-state index in [0.717, 1.165) is 11.4 Å². The maximum Gasteiger partial charge on any atom is 0.159 e. The number of Topliss-reactive ketones (excluding diaryl/α,β-unsaturated/α-hetero) is 1. The van der Waals surface area contributed by atoms with E-state index in [1.807, 2.05) is 19.2 Å². The second kappa shape index (κ2) is 4.98. The van der Waals surface area contributed by atoms with Gasteiger partial charge in [0.05, 0.1) is 11.7 Å². The van der Waals surface area contributed by atoms with E-state index in [1.165, 1.54) is 0 Å². The molecule has 1 aromatic rings. The van der Waals surface area contributed by atoms with Crippen molar-refractivity contribution in [3.63, 3.8) is 0 Å². The molecule has 0 aliphatic carbocycles. The molecule has 0 amide bonds. The van der Waals surface area contributed by atoms with E-state index < -0.39 is 0 Å². The van der Waals surface area contributed by atoms with Crippen molar-refractivity contribution in [2.45, 2.75) is 32.4 Å². The highest BCUT2D eigenvalue weighted by Crippen LogP contribution is 2.36. The lowest BCUT2D eigenvalue weighted by atomic mass is 10.0. The van der Waals surface area contributed by atoms with Gasteiger partial charge in [-0.3, -0.25) is 4.79 Å². The van der Waals surface area contributed by atoms with Gasteiger partial charge in [-0.05, 0) is 32.0 Å². The van der Waals surface area contributed by atoms with Crippen molar-refractivity contribution >= 4 is 11.5 Å². The summed E-state index contributed by atoms with van der Waals surface area (Å²) in [7, 11) is 1.99. The van der Waals surface area contributed by atoms with Crippen molar-refractivity contribution in [1.29, 1.82) is 0 Å². The number of aliphatic hydroxyl groups is 1. The number of fused-ring (bicyclic) bond motifs is 1. The molecule has 1 heterocycles. The number of ketones is 1. The lowest BCUT2D eigenvalue weighted by Gasteiger charge is -2.39. The first-order chi connectivity index (χ1) is 8.54. The Bertz CT molecular complexity index is 458. The lowest BCUT2D eigenvalue weighted by molar-refractivity contribution is 0.101. The Kier molecular flexibility index (Phi) is 3.57. The number of benzene rings is 1. The van der Waals surface area contributed by atoms with Crippen molar-refractivity contribution in [2.24, 2.45) is 0 Å². The molecule has 98 valence electrons. The van der Waals surface area contributed by atoms with Crippen LogP contribution in [0.2, 0.25) is 0 Å². The molecule has 4 nitrogen and oxygen atoms in total. The molecule has 1 aliphatic rings. The average Bonchev–Trinajstić information content (AvgIpc) is 2.35. The van der Waals surface area contributed by atoms with E-state index in [-0.39, 0.29) is 24.5 Å².